The van der Waals surface area contributed by atoms with Crippen LogP contribution in [0.25, 0.3) is 0 Å². The molecule has 0 aliphatic carbocycles. The number of methoxy groups -OCH3 is 1. The first-order chi connectivity index (χ1) is 7.86. The number of benzene rings is 1. The summed E-state index contributed by atoms with van der Waals surface area (Å²) in [5.74, 6) is -0.0132. The number of rotatable bonds is 4. The van der Waals surface area contributed by atoms with Gasteiger partial charge in [0.25, 0.3) is 0 Å². The molecule has 0 fully saturated rings. The van der Waals surface area contributed by atoms with Crippen LogP contribution >= 0.6 is 0 Å². The molecule has 0 aliphatic rings. The molecule has 1 aromatic carbocycles. The number of hydrogen-bond donors (Lipinski definition) is 2. The fraction of sp³-hybridized carbons (Fsp3) is 0.455. The average Bonchev–Trinajstić information content (AvgIpc) is 2.27. The highest BCUT2D eigenvalue weighted by Crippen LogP contribution is 2.44. The number of alkyl halides is 3. The zero-order chi connectivity index (χ0) is 13.1. The van der Waals surface area contributed by atoms with Gasteiger partial charge in [-0.2, -0.15) is 13.2 Å². The van der Waals surface area contributed by atoms with Gasteiger partial charge in [-0.3, -0.25) is 0 Å². The number of aliphatic hydroxyl groups is 1. The van der Waals surface area contributed by atoms with Gasteiger partial charge in [-0.25, -0.2) is 0 Å². The van der Waals surface area contributed by atoms with Crippen molar-refractivity contribution in [1.29, 1.82) is 0 Å². The van der Waals surface area contributed by atoms with Gasteiger partial charge in [0.2, 0.25) is 0 Å². The lowest BCUT2D eigenvalue weighted by atomic mass is 9.89. The Morgan fingerprint density at radius 2 is 1.88 bits per heavy atom. The molecule has 1 atom stereocenters. The smallest absolute Gasteiger partial charge is 0.421 e. The molecule has 0 saturated carbocycles. The summed E-state index contributed by atoms with van der Waals surface area (Å²) >= 11 is 0. The predicted molar refractivity (Wildman–Crippen MR) is 56.6 cm³/mol. The van der Waals surface area contributed by atoms with Crippen LogP contribution in [0, 0.1) is 0 Å². The van der Waals surface area contributed by atoms with Crippen LogP contribution in [0.15, 0.2) is 24.3 Å². The molecule has 0 bridgehead atoms. The van der Waals surface area contributed by atoms with Gasteiger partial charge in [-0.15, -0.1) is 0 Å². The first-order valence-electron chi connectivity index (χ1n) is 4.99. The Labute approximate surface area is 97.0 Å². The highest BCUT2D eigenvalue weighted by molar-refractivity contribution is 5.39. The Balaban J connectivity index is 3.32. The Hall–Kier alpha value is -1.27. The van der Waals surface area contributed by atoms with E-state index in [2.05, 4.69) is 0 Å². The second-order valence-electron chi connectivity index (χ2n) is 3.60. The van der Waals surface area contributed by atoms with E-state index in [-0.39, 0.29) is 17.9 Å². The Morgan fingerprint density at radius 3 is 2.35 bits per heavy atom. The zero-order valence-corrected chi connectivity index (χ0v) is 9.29. The minimum Gasteiger partial charge on any atom is -0.496 e. The molecule has 0 spiro atoms. The number of halogens is 3. The van der Waals surface area contributed by atoms with Gasteiger partial charge < -0.3 is 15.6 Å². The van der Waals surface area contributed by atoms with E-state index < -0.39 is 18.2 Å². The number of para-hydroxylation sites is 1. The molecule has 0 saturated heterocycles. The monoisotopic (exact) mass is 249 g/mol. The van der Waals surface area contributed by atoms with Crippen LogP contribution in [0.2, 0.25) is 0 Å². The van der Waals surface area contributed by atoms with E-state index in [0.29, 0.717) is 0 Å². The molecule has 1 aromatic rings. The van der Waals surface area contributed by atoms with E-state index in [1.165, 1.54) is 31.4 Å². The molecule has 0 aliphatic heterocycles. The summed E-state index contributed by atoms with van der Waals surface area (Å²) in [6.45, 7) is -0.284. The van der Waals surface area contributed by atoms with E-state index in [4.69, 9.17) is 10.5 Å². The summed E-state index contributed by atoms with van der Waals surface area (Å²) < 4.78 is 43.6. The van der Waals surface area contributed by atoms with Crippen molar-refractivity contribution in [1.82, 2.24) is 0 Å². The van der Waals surface area contributed by atoms with Crippen molar-refractivity contribution in [2.45, 2.75) is 18.2 Å². The summed E-state index contributed by atoms with van der Waals surface area (Å²) in [5.41, 5.74) is 1.84. The van der Waals surface area contributed by atoms with E-state index in [1.807, 2.05) is 0 Å². The second kappa shape index (κ2) is 4.93. The minimum absolute atomic E-state index is 0.0132. The highest BCUT2D eigenvalue weighted by atomic mass is 19.4. The predicted octanol–water partition coefficient (Wildman–Crippen LogP) is 1.79. The summed E-state index contributed by atoms with van der Waals surface area (Å²) in [7, 11) is 1.25. The molecule has 3 N–H and O–H groups in total. The summed E-state index contributed by atoms with van der Waals surface area (Å²) in [6.07, 6.45) is -5.42. The van der Waals surface area contributed by atoms with Crippen LogP contribution in [0.4, 0.5) is 13.2 Å². The number of hydrogen-bond acceptors (Lipinski definition) is 3. The third-order valence-electron chi connectivity index (χ3n) is 2.53. The lowest BCUT2D eigenvalue weighted by Crippen LogP contribution is -2.44. The van der Waals surface area contributed by atoms with Crippen LogP contribution in [-0.4, -0.2) is 24.9 Å². The van der Waals surface area contributed by atoms with Gasteiger partial charge in [0.1, 0.15) is 5.75 Å². The lowest BCUT2D eigenvalue weighted by molar-refractivity contribution is -0.268. The Kier molecular flexibility index (Phi) is 4.00. The zero-order valence-electron chi connectivity index (χ0n) is 9.29. The highest BCUT2D eigenvalue weighted by Gasteiger charge is 2.55. The maximum Gasteiger partial charge on any atom is 0.421 e. The van der Waals surface area contributed by atoms with E-state index in [1.54, 1.807) is 0 Å². The maximum atomic E-state index is 12.9. The fourth-order valence-electron chi connectivity index (χ4n) is 1.62. The van der Waals surface area contributed by atoms with E-state index >= 15 is 0 Å². The molecule has 0 heterocycles. The topological polar surface area (TPSA) is 55.5 Å². The third-order valence-corrected chi connectivity index (χ3v) is 2.53. The Bertz CT molecular complexity index is 381. The summed E-state index contributed by atoms with van der Waals surface area (Å²) in [6, 6.07) is 5.48. The average molecular weight is 249 g/mol. The SMILES string of the molecule is COc1ccccc1C(O)(CCN)C(F)(F)F. The van der Waals surface area contributed by atoms with Crippen LogP contribution in [0.3, 0.4) is 0 Å². The van der Waals surface area contributed by atoms with Gasteiger partial charge >= 0.3 is 6.18 Å². The second-order valence-corrected chi connectivity index (χ2v) is 3.60. The van der Waals surface area contributed by atoms with E-state index in [9.17, 15) is 18.3 Å². The fourth-order valence-corrected chi connectivity index (χ4v) is 1.62. The quantitative estimate of drug-likeness (QED) is 0.855. The van der Waals surface area contributed by atoms with Crippen molar-refractivity contribution in [2.24, 2.45) is 5.73 Å². The standard InChI is InChI=1S/C11H14F3NO2/c1-17-9-5-3-2-4-8(9)10(16,6-7-15)11(12,13)14/h2-5,16H,6-7,15H2,1H3. The normalized spacial score (nSPS) is 15.4. The third kappa shape index (κ3) is 2.53. The lowest BCUT2D eigenvalue weighted by Gasteiger charge is -2.31. The Morgan fingerprint density at radius 1 is 1.29 bits per heavy atom. The van der Waals surface area contributed by atoms with Gasteiger partial charge in [0.05, 0.1) is 7.11 Å². The molecule has 0 amide bonds. The molecule has 0 aromatic heterocycles. The number of nitrogens with two attached hydrogens (primary N) is 1. The molecule has 1 rings (SSSR count). The minimum atomic E-state index is -4.80. The van der Waals surface area contributed by atoms with Crippen molar-refractivity contribution in [3.05, 3.63) is 29.8 Å². The first kappa shape index (κ1) is 13.8. The summed E-state index contributed by atoms with van der Waals surface area (Å²) in [4.78, 5) is 0. The molecule has 17 heavy (non-hydrogen) atoms. The van der Waals surface area contributed by atoms with Crippen LogP contribution in [-0.2, 0) is 5.60 Å². The van der Waals surface area contributed by atoms with E-state index in [0.717, 1.165) is 0 Å². The van der Waals surface area contributed by atoms with Gasteiger partial charge in [0.15, 0.2) is 5.60 Å². The number of ether oxygens (including phenoxy) is 1. The maximum absolute atomic E-state index is 12.9. The van der Waals surface area contributed by atoms with Gasteiger partial charge in [-0.05, 0) is 12.6 Å². The first-order valence-corrected chi connectivity index (χ1v) is 4.99. The van der Waals surface area contributed by atoms with Crippen LogP contribution < -0.4 is 10.5 Å². The molecular formula is C11H14F3NO2. The van der Waals surface area contributed by atoms with Crippen molar-refractivity contribution in [3.8, 4) is 5.75 Å². The van der Waals surface area contributed by atoms with Crippen molar-refractivity contribution >= 4 is 0 Å². The van der Waals surface area contributed by atoms with Gasteiger partial charge in [0, 0.05) is 12.0 Å². The van der Waals surface area contributed by atoms with Crippen molar-refractivity contribution in [3.63, 3.8) is 0 Å². The molecule has 3 nitrogen and oxygen atoms in total. The molecule has 1 unspecified atom stereocenters. The van der Waals surface area contributed by atoms with Crippen LogP contribution in [0.1, 0.15) is 12.0 Å². The van der Waals surface area contributed by atoms with Gasteiger partial charge in [-0.1, -0.05) is 18.2 Å². The molecular weight excluding hydrogens is 235 g/mol. The van der Waals surface area contributed by atoms with Crippen molar-refractivity contribution in [2.75, 3.05) is 13.7 Å². The van der Waals surface area contributed by atoms with Crippen LogP contribution in [0.5, 0.6) is 5.75 Å². The molecule has 6 heteroatoms. The largest absolute Gasteiger partial charge is 0.496 e. The molecule has 0 radical (unpaired) electrons. The summed E-state index contributed by atoms with van der Waals surface area (Å²) in [5, 5.41) is 9.85. The molecule has 96 valence electrons. The van der Waals surface area contributed by atoms with Crippen molar-refractivity contribution < 1.29 is 23.0 Å².